The van der Waals surface area contributed by atoms with E-state index in [2.05, 4.69) is 19.2 Å². The maximum atomic E-state index is 12.6. The molecule has 1 atom stereocenters. The summed E-state index contributed by atoms with van der Waals surface area (Å²) in [7, 11) is -1.50. The van der Waals surface area contributed by atoms with E-state index in [0.29, 0.717) is 23.9 Å². The van der Waals surface area contributed by atoms with Gasteiger partial charge in [-0.05, 0) is 30.7 Å². The fourth-order valence-electron chi connectivity index (χ4n) is 2.01. The predicted octanol–water partition coefficient (Wildman–Crippen LogP) is 2.46. The van der Waals surface area contributed by atoms with Crippen molar-refractivity contribution < 1.29 is 8.42 Å². The van der Waals surface area contributed by atoms with Crippen molar-refractivity contribution in [3.63, 3.8) is 0 Å². The Labute approximate surface area is 123 Å². The van der Waals surface area contributed by atoms with Crippen LogP contribution in [0.25, 0.3) is 0 Å². The van der Waals surface area contributed by atoms with Crippen molar-refractivity contribution in [3.05, 3.63) is 29.8 Å². The fourth-order valence-corrected chi connectivity index (χ4v) is 3.58. The van der Waals surface area contributed by atoms with Gasteiger partial charge in [-0.25, -0.2) is 8.42 Å². The number of benzene rings is 1. The van der Waals surface area contributed by atoms with Crippen LogP contribution in [-0.2, 0) is 16.6 Å². The number of rotatable bonds is 8. The minimum Gasteiger partial charge on any atom is -0.316 e. The summed E-state index contributed by atoms with van der Waals surface area (Å²) in [6.07, 6.45) is 0.979. The lowest BCUT2D eigenvalue weighted by Crippen LogP contribution is -2.34. The largest absolute Gasteiger partial charge is 0.316 e. The van der Waals surface area contributed by atoms with Crippen LogP contribution in [0.2, 0.25) is 0 Å². The average Bonchev–Trinajstić information content (AvgIpc) is 2.45. The standard InChI is InChI=1S/C15H26N2O2S/c1-5-13(3)12-17(6-2)20(18,19)15-9-7-14(8-10-15)11-16-4/h7-10,13,16H,5-6,11-12H2,1-4H3. The van der Waals surface area contributed by atoms with Gasteiger partial charge in [0.25, 0.3) is 0 Å². The van der Waals surface area contributed by atoms with Gasteiger partial charge in [0, 0.05) is 19.6 Å². The Morgan fingerprint density at radius 2 is 1.80 bits per heavy atom. The van der Waals surface area contributed by atoms with E-state index in [0.717, 1.165) is 18.5 Å². The van der Waals surface area contributed by atoms with Crippen molar-refractivity contribution >= 4 is 10.0 Å². The summed E-state index contributed by atoms with van der Waals surface area (Å²) in [4.78, 5) is 0.377. The van der Waals surface area contributed by atoms with Gasteiger partial charge in [0.15, 0.2) is 0 Å². The van der Waals surface area contributed by atoms with Crippen LogP contribution >= 0.6 is 0 Å². The highest BCUT2D eigenvalue weighted by atomic mass is 32.2. The minimum absolute atomic E-state index is 0.369. The Bertz CT molecular complexity index is 497. The summed E-state index contributed by atoms with van der Waals surface area (Å²) in [5.41, 5.74) is 1.08. The third-order valence-electron chi connectivity index (χ3n) is 3.51. The first-order chi connectivity index (χ1) is 9.45. The highest BCUT2D eigenvalue weighted by Crippen LogP contribution is 2.18. The first-order valence-corrected chi connectivity index (χ1v) is 8.63. The maximum Gasteiger partial charge on any atom is 0.243 e. The predicted molar refractivity (Wildman–Crippen MR) is 83.1 cm³/mol. The smallest absolute Gasteiger partial charge is 0.243 e. The van der Waals surface area contributed by atoms with E-state index in [-0.39, 0.29) is 0 Å². The van der Waals surface area contributed by atoms with Crippen LogP contribution in [0, 0.1) is 5.92 Å². The first kappa shape index (κ1) is 17.1. The van der Waals surface area contributed by atoms with Crippen LogP contribution in [-0.4, -0.2) is 32.9 Å². The second kappa shape index (κ2) is 7.76. The Morgan fingerprint density at radius 1 is 1.20 bits per heavy atom. The van der Waals surface area contributed by atoms with Crippen molar-refractivity contribution in [1.82, 2.24) is 9.62 Å². The number of hydrogen-bond acceptors (Lipinski definition) is 3. The molecule has 1 aromatic carbocycles. The second-order valence-corrected chi connectivity index (χ2v) is 7.08. The number of sulfonamides is 1. The third-order valence-corrected chi connectivity index (χ3v) is 5.46. The molecule has 0 aromatic heterocycles. The molecule has 1 N–H and O–H groups in total. The van der Waals surface area contributed by atoms with Crippen LogP contribution in [0.1, 0.15) is 32.8 Å². The number of nitrogens with zero attached hydrogens (tertiary/aromatic N) is 1. The molecule has 0 aliphatic heterocycles. The molecule has 0 bridgehead atoms. The van der Waals surface area contributed by atoms with Crippen molar-refractivity contribution in [2.45, 2.75) is 38.6 Å². The quantitative estimate of drug-likeness (QED) is 0.802. The minimum atomic E-state index is -3.38. The van der Waals surface area contributed by atoms with Crippen LogP contribution < -0.4 is 5.32 Å². The molecule has 0 aliphatic carbocycles. The molecular formula is C15H26N2O2S. The van der Waals surface area contributed by atoms with Gasteiger partial charge in [-0.2, -0.15) is 4.31 Å². The van der Waals surface area contributed by atoms with Crippen LogP contribution in [0.3, 0.4) is 0 Å². The van der Waals surface area contributed by atoms with Gasteiger partial charge in [-0.15, -0.1) is 0 Å². The zero-order chi connectivity index (χ0) is 15.2. The van der Waals surface area contributed by atoms with Crippen molar-refractivity contribution in [1.29, 1.82) is 0 Å². The molecule has 1 aromatic rings. The maximum absolute atomic E-state index is 12.6. The Balaban J connectivity index is 2.95. The SMILES string of the molecule is CCC(C)CN(CC)S(=O)(=O)c1ccc(CNC)cc1. The lowest BCUT2D eigenvalue weighted by molar-refractivity contribution is 0.361. The molecule has 20 heavy (non-hydrogen) atoms. The van der Waals surface area contributed by atoms with Gasteiger partial charge in [-0.1, -0.05) is 39.3 Å². The molecule has 114 valence electrons. The molecule has 4 nitrogen and oxygen atoms in total. The molecule has 0 heterocycles. The molecule has 0 amide bonds. The molecule has 0 radical (unpaired) electrons. The van der Waals surface area contributed by atoms with Gasteiger partial charge >= 0.3 is 0 Å². The molecular weight excluding hydrogens is 272 g/mol. The van der Waals surface area contributed by atoms with Crippen LogP contribution in [0.4, 0.5) is 0 Å². The molecule has 0 saturated carbocycles. The monoisotopic (exact) mass is 298 g/mol. The van der Waals surface area contributed by atoms with E-state index >= 15 is 0 Å². The molecule has 1 rings (SSSR count). The molecule has 0 saturated heterocycles. The summed E-state index contributed by atoms with van der Waals surface area (Å²) in [6.45, 7) is 7.87. The average molecular weight is 298 g/mol. The lowest BCUT2D eigenvalue weighted by Gasteiger charge is -2.23. The van der Waals surface area contributed by atoms with Crippen molar-refractivity contribution in [2.75, 3.05) is 20.1 Å². The molecule has 5 heteroatoms. The van der Waals surface area contributed by atoms with Crippen molar-refractivity contribution in [2.24, 2.45) is 5.92 Å². The first-order valence-electron chi connectivity index (χ1n) is 7.19. The van der Waals surface area contributed by atoms with Crippen molar-refractivity contribution in [3.8, 4) is 0 Å². The van der Waals surface area contributed by atoms with Gasteiger partial charge in [0.1, 0.15) is 0 Å². The van der Waals surface area contributed by atoms with Crippen LogP contribution in [0.5, 0.6) is 0 Å². The zero-order valence-corrected chi connectivity index (χ0v) is 13.7. The summed E-state index contributed by atoms with van der Waals surface area (Å²) in [5.74, 6) is 0.369. The molecule has 0 aliphatic rings. The third kappa shape index (κ3) is 4.30. The zero-order valence-electron chi connectivity index (χ0n) is 12.9. The van der Waals surface area contributed by atoms with E-state index in [4.69, 9.17) is 0 Å². The van der Waals surface area contributed by atoms with E-state index in [1.165, 1.54) is 0 Å². The highest BCUT2D eigenvalue weighted by molar-refractivity contribution is 7.89. The number of nitrogens with one attached hydrogen (secondary N) is 1. The van der Waals surface area contributed by atoms with Gasteiger partial charge in [0.05, 0.1) is 4.90 Å². The highest BCUT2D eigenvalue weighted by Gasteiger charge is 2.23. The van der Waals surface area contributed by atoms with Gasteiger partial charge in [0.2, 0.25) is 10.0 Å². The Hall–Kier alpha value is -0.910. The Morgan fingerprint density at radius 3 is 2.25 bits per heavy atom. The van der Waals surface area contributed by atoms with E-state index in [1.807, 2.05) is 26.1 Å². The molecule has 0 fully saturated rings. The van der Waals surface area contributed by atoms with Crippen LogP contribution in [0.15, 0.2) is 29.2 Å². The molecule has 1 unspecified atom stereocenters. The topological polar surface area (TPSA) is 49.4 Å². The fraction of sp³-hybridized carbons (Fsp3) is 0.600. The summed E-state index contributed by atoms with van der Waals surface area (Å²) >= 11 is 0. The lowest BCUT2D eigenvalue weighted by atomic mass is 10.1. The van der Waals surface area contributed by atoms with E-state index in [1.54, 1.807) is 16.4 Å². The van der Waals surface area contributed by atoms with Gasteiger partial charge < -0.3 is 5.32 Å². The van der Waals surface area contributed by atoms with E-state index in [9.17, 15) is 8.42 Å². The Kier molecular flexibility index (Phi) is 6.65. The summed E-state index contributed by atoms with van der Waals surface area (Å²) < 4.78 is 26.8. The van der Waals surface area contributed by atoms with Gasteiger partial charge in [-0.3, -0.25) is 0 Å². The number of hydrogen-bond donors (Lipinski definition) is 1. The second-order valence-electron chi connectivity index (χ2n) is 5.14. The summed E-state index contributed by atoms with van der Waals surface area (Å²) in [6, 6.07) is 7.11. The summed E-state index contributed by atoms with van der Waals surface area (Å²) in [5, 5.41) is 3.05. The van der Waals surface area contributed by atoms with E-state index < -0.39 is 10.0 Å². The normalized spacial score (nSPS) is 13.7. The molecule has 0 spiro atoms.